The first-order valence-corrected chi connectivity index (χ1v) is 10.5. The third kappa shape index (κ3) is 8.21. The molecule has 23 heavy (non-hydrogen) atoms. The predicted octanol–water partition coefficient (Wildman–Crippen LogP) is 4.18. The fourth-order valence-corrected chi connectivity index (χ4v) is 5.25. The Morgan fingerprint density at radius 1 is 0.870 bits per heavy atom. The van der Waals surface area contributed by atoms with Crippen LogP contribution in [0.1, 0.15) is 51.9 Å². The van der Waals surface area contributed by atoms with Gasteiger partial charge in [-0.1, -0.05) is 0 Å². The Kier molecular flexibility index (Phi) is 11.4. The minimum absolute atomic E-state index is 0.104. The molecule has 0 aliphatic rings. The molecule has 0 aliphatic heterocycles. The van der Waals surface area contributed by atoms with Crippen LogP contribution in [-0.4, -0.2) is 42.6 Å². The van der Waals surface area contributed by atoms with E-state index in [9.17, 15) is 0 Å². The summed E-state index contributed by atoms with van der Waals surface area (Å²) < 4.78 is 17.7. The van der Waals surface area contributed by atoms with Crippen molar-refractivity contribution >= 4 is 19.4 Å². The topological polar surface area (TPSA) is 27.7 Å². The minimum atomic E-state index is -0.104. The molecule has 0 heterocycles. The van der Waals surface area contributed by atoms with Crippen LogP contribution in [0.4, 0.5) is 0 Å². The fraction of sp³-hybridized carbons (Fsp3) is 0.684. The van der Waals surface area contributed by atoms with Crippen LogP contribution >= 0.6 is 0 Å². The molecule has 0 radical (unpaired) electrons. The summed E-state index contributed by atoms with van der Waals surface area (Å²) in [6.45, 7) is 2.26. The zero-order chi connectivity index (χ0) is 16.9. The van der Waals surface area contributed by atoms with Gasteiger partial charge in [0.1, 0.15) is 0 Å². The number of hydrogen-bond acceptors (Lipinski definition) is 3. The van der Waals surface area contributed by atoms with Crippen LogP contribution in [0.3, 0.4) is 0 Å². The van der Waals surface area contributed by atoms with Crippen molar-refractivity contribution in [2.24, 2.45) is 0 Å². The van der Waals surface area contributed by atoms with Crippen molar-refractivity contribution in [2.45, 2.75) is 63.0 Å². The number of hydrogen-bond donors (Lipinski definition) is 0. The van der Waals surface area contributed by atoms with Crippen LogP contribution in [0.5, 0.6) is 5.75 Å². The van der Waals surface area contributed by atoms with Crippen LogP contribution in [0, 0.1) is 0 Å². The van der Waals surface area contributed by atoms with Gasteiger partial charge >= 0.3 is 148 Å². The molecule has 1 unspecified atom stereocenters. The monoisotopic (exact) mass is 388 g/mol. The quantitative estimate of drug-likeness (QED) is 0.289. The van der Waals surface area contributed by atoms with E-state index in [0.29, 0.717) is 19.8 Å². The van der Waals surface area contributed by atoms with Gasteiger partial charge in [-0.15, -0.1) is 0 Å². The molecule has 0 N–H and O–H groups in total. The standard InChI is InChI=1S/C19H32O3Se/c1-5-6-7-8-9-10-11-18(19(21-3)22-4)23-17-14-12-16(20-2)13-15-17/h12-15,18-19H,5-11H2,1-4H3. The molecule has 3 nitrogen and oxygen atoms in total. The Morgan fingerprint density at radius 3 is 2.04 bits per heavy atom. The third-order valence-electron chi connectivity index (χ3n) is 3.96. The summed E-state index contributed by atoms with van der Waals surface area (Å²) in [4.78, 5) is 0.456. The maximum atomic E-state index is 5.54. The third-order valence-corrected chi connectivity index (χ3v) is 6.70. The molecule has 0 aromatic heterocycles. The Hall–Kier alpha value is -0.541. The summed E-state index contributed by atoms with van der Waals surface area (Å²) in [5.41, 5.74) is 0. The molecule has 1 aromatic carbocycles. The Balaban J connectivity index is 2.50. The van der Waals surface area contributed by atoms with Gasteiger partial charge in [0.2, 0.25) is 0 Å². The van der Waals surface area contributed by atoms with Gasteiger partial charge < -0.3 is 0 Å². The average molecular weight is 387 g/mol. The van der Waals surface area contributed by atoms with Crippen molar-refractivity contribution in [3.8, 4) is 5.75 Å². The molecule has 1 atom stereocenters. The molecule has 132 valence electrons. The van der Waals surface area contributed by atoms with Crippen LogP contribution in [-0.2, 0) is 9.47 Å². The van der Waals surface area contributed by atoms with Gasteiger partial charge in [-0.05, 0) is 0 Å². The van der Waals surface area contributed by atoms with E-state index >= 15 is 0 Å². The molecule has 0 saturated carbocycles. The second-order valence-electron chi connectivity index (χ2n) is 5.73. The van der Waals surface area contributed by atoms with Gasteiger partial charge in [0.25, 0.3) is 0 Å². The maximum absolute atomic E-state index is 5.54. The second-order valence-corrected chi connectivity index (χ2v) is 8.48. The van der Waals surface area contributed by atoms with E-state index in [2.05, 4.69) is 19.1 Å². The van der Waals surface area contributed by atoms with Crippen LogP contribution < -0.4 is 9.20 Å². The fourth-order valence-electron chi connectivity index (χ4n) is 2.61. The Morgan fingerprint density at radius 2 is 1.48 bits per heavy atom. The SMILES string of the molecule is CCCCCCCCC([Se]c1ccc(OC)cc1)C(OC)OC. The molecule has 0 aliphatic carbocycles. The van der Waals surface area contributed by atoms with Crippen molar-refractivity contribution in [1.82, 2.24) is 0 Å². The van der Waals surface area contributed by atoms with E-state index in [4.69, 9.17) is 14.2 Å². The molecule has 4 heteroatoms. The van der Waals surface area contributed by atoms with Crippen LogP contribution in [0.2, 0.25) is 4.82 Å². The molecule has 0 bridgehead atoms. The van der Waals surface area contributed by atoms with Crippen LogP contribution in [0.15, 0.2) is 24.3 Å². The summed E-state index contributed by atoms with van der Waals surface area (Å²) in [7, 11) is 5.19. The van der Waals surface area contributed by atoms with E-state index in [1.165, 1.54) is 49.4 Å². The summed E-state index contributed by atoms with van der Waals surface area (Å²) in [5.74, 6) is 0.909. The second kappa shape index (κ2) is 12.8. The van der Waals surface area contributed by atoms with E-state index < -0.39 is 0 Å². The number of methoxy groups -OCH3 is 3. The number of unbranched alkanes of at least 4 members (excludes halogenated alkanes) is 5. The van der Waals surface area contributed by atoms with Crippen molar-refractivity contribution in [3.05, 3.63) is 24.3 Å². The predicted molar refractivity (Wildman–Crippen MR) is 97.9 cm³/mol. The van der Waals surface area contributed by atoms with E-state index in [0.717, 1.165) is 5.75 Å². The molecule has 0 saturated heterocycles. The molecule has 0 spiro atoms. The van der Waals surface area contributed by atoms with Crippen LogP contribution in [0.25, 0.3) is 0 Å². The Bertz CT molecular complexity index is 390. The first-order chi connectivity index (χ1) is 11.2. The van der Waals surface area contributed by atoms with Gasteiger partial charge in [-0.2, -0.15) is 0 Å². The van der Waals surface area contributed by atoms with E-state index in [-0.39, 0.29) is 6.29 Å². The Labute approximate surface area is 148 Å². The van der Waals surface area contributed by atoms with Crippen molar-refractivity contribution in [2.75, 3.05) is 21.3 Å². The molecule has 1 rings (SSSR count). The first-order valence-electron chi connectivity index (χ1n) is 8.61. The zero-order valence-electron chi connectivity index (χ0n) is 15.0. The van der Waals surface area contributed by atoms with E-state index in [1.54, 1.807) is 21.3 Å². The van der Waals surface area contributed by atoms with Gasteiger partial charge in [0.15, 0.2) is 0 Å². The molecule has 1 aromatic rings. The normalized spacial score (nSPS) is 12.6. The molecule has 0 amide bonds. The van der Waals surface area contributed by atoms with Crippen molar-refractivity contribution in [3.63, 3.8) is 0 Å². The zero-order valence-corrected chi connectivity index (χ0v) is 16.8. The van der Waals surface area contributed by atoms with E-state index in [1.807, 2.05) is 12.1 Å². The van der Waals surface area contributed by atoms with Crippen molar-refractivity contribution < 1.29 is 14.2 Å². The van der Waals surface area contributed by atoms with Gasteiger partial charge in [0.05, 0.1) is 0 Å². The molecular weight excluding hydrogens is 355 g/mol. The molecular formula is C19H32O3Se. The average Bonchev–Trinajstić information content (AvgIpc) is 2.59. The summed E-state index contributed by atoms with van der Waals surface area (Å²) in [6.07, 6.45) is 9.02. The summed E-state index contributed by atoms with van der Waals surface area (Å²) in [5, 5.41) is 0. The summed E-state index contributed by atoms with van der Waals surface area (Å²) >= 11 is 0.340. The summed E-state index contributed by atoms with van der Waals surface area (Å²) in [6, 6.07) is 8.39. The van der Waals surface area contributed by atoms with Gasteiger partial charge in [0, 0.05) is 0 Å². The van der Waals surface area contributed by atoms with Gasteiger partial charge in [-0.3, -0.25) is 0 Å². The number of benzene rings is 1. The number of ether oxygens (including phenoxy) is 3. The molecule has 0 fully saturated rings. The first kappa shape index (κ1) is 20.5. The van der Waals surface area contributed by atoms with Crippen molar-refractivity contribution in [1.29, 1.82) is 0 Å². The number of rotatable bonds is 13. The van der Waals surface area contributed by atoms with Gasteiger partial charge in [-0.25, -0.2) is 0 Å².